The quantitative estimate of drug-likeness (QED) is 0.264. The highest BCUT2D eigenvalue weighted by molar-refractivity contribution is 5.93. The van der Waals surface area contributed by atoms with Gasteiger partial charge in [-0.05, 0) is 0 Å². The Bertz CT molecular complexity index is 351. The summed E-state index contributed by atoms with van der Waals surface area (Å²) in [5.41, 5.74) is 5.59. The molecule has 1 rings (SSSR count). The Hall–Kier alpha value is -2.18. The fraction of sp³-hybridized carbons (Fsp3) is 0.250. The van der Waals surface area contributed by atoms with Crippen LogP contribution in [-0.4, -0.2) is 33.5 Å². The van der Waals surface area contributed by atoms with Crippen LogP contribution in [0.1, 0.15) is 16.8 Å². The molecule has 1 heterocycles. The van der Waals surface area contributed by atoms with Crippen LogP contribution < -0.4 is 11.1 Å². The summed E-state index contributed by atoms with van der Waals surface area (Å²) in [6, 6.07) is 0. The molecule has 80 valence electrons. The number of nitrogens with zero attached hydrogens (tertiary/aromatic N) is 3. The highest BCUT2D eigenvalue weighted by atomic mass is 16.4. The Morgan fingerprint density at radius 3 is 2.80 bits per heavy atom. The van der Waals surface area contributed by atoms with Gasteiger partial charge in [0.2, 0.25) is 0 Å². The first-order valence-corrected chi connectivity index (χ1v) is 4.23. The lowest BCUT2D eigenvalue weighted by Gasteiger charge is -2.02. The summed E-state index contributed by atoms with van der Waals surface area (Å²) in [7, 11) is 0. The average molecular weight is 209 g/mol. The molecular weight excluding hydrogens is 198 g/mol. The van der Waals surface area contributed by atoms with Crippen molar-refractivity contribution in [2.45, 2.75) is 6.42 Å². The number of oxime groups is 1. The normalized spacial score (nSPS) is 11.1. The number of amidine groups is 1. The van der Waals surface area contributed by atoms with Crippen molar-refractivity contribution in [2.75, 3.05) is 6.54 Å². The van der Waals surface area contributed by atoms with E-state index in [0.29, 0.717) is 12.1 Å². The van der Waals surface area contributed by atoms with E-state index in [1.165, 1.54) is 18.7 Å². The van der Waals surface area contributed by atoms with Gasteiger partial charge in [0, 0.05) is 25.4 Å². The summed E-state index contributed by atoms with van der Waals surface area (Å²) in [6.45, 7) is 0.295. The molecule has 7 nitrogen and oxygen atoms in total. The number of rotatable bonds is 4. The molecule has 0 bridgehead atoms. The van der Waals surface area contributed by atoms with Crippen LogP contribution in [0.15, 0.2) is 23.9 Å². The van der Waals surface area contributed by atoms with Crippen LogP contribution in [0.4, 0.5) is 0 Å². The molecule has 0 aliphatic carbocycles. The minimum Gasteiger partial charge on any atom is -0.409 e. The predicted octanol–water partition coefficient (Wildman–Crippen LogP) is -0.657. The molecule has 1 aromatic rings. The molecule has 0 aliphatic rings. The van der Waals surface area contributed by atoms with Crippen molar-refractivity contribution in [2.24, 2.45) is 10.9 Å². The largest absolute Gasteiger partial charge is 0.409 e. The van der Waals surface area contributed by atoms with Gasteiger partial charge >= 0.3 is 0 Å². The maximum atomic E-state index is 11.4. The number of amides is 1. The van der Waals surface area contributed by atoms with Gasteiger partial charge in [0.1, 0.15) is 12.2 Å². The Balaban J connectivity index is 2.38. The van der Waals surface area contributed by atoms with E-state index in [-0.39, 0.29) is 18.2 Å². The van der Waals surface area contributed by atoms with E-state index >= 15 is 0 Å². The molecule has 0 aromatic carbocycles. The number of hydrogen-bond donors (Lipinski definition) is 3. The summed E-state index contributed by atoms with van der Waals surface area (Å²) in [5.74, 6) is -0.221. The molecule has 7 heteroatoms. The number of nitrogens with one attached hydrogen (secondary N) is 1. The van der Waals surface area contributed by atoms with Gasteiger partial charge in [-0.3, -0.25) is 4.79 Å². The number of aromatic nitrogens is 2. The highest BCUT2D eigenvalue weighted by Gasteiger charge is 2.04. The van der Waals surface area contributed by atoms with E-state index in [2.05, 4.69) is 20.4 Å². The summed E-state index contributed by atoms with van der Waals surface area (Å²) in [5, 5.41) is 13.6. The van der Waals surface area contributed by atoms with Gasteiger partial charge in [-0.1, -0.05) is 5.16 Å². The molecular formula is C8H11N5O2. The third-order valence-electron chi connectivity index (χ3n) is 1.62. The predicted molar refractivity (Wildman–Crippen MR) is 52.4 cm³/mol. The molecule has 0 unspecified atom stereocenters. The van der Waals surface area contributed by atoms with Crippen LogP contribution in [0.5, 0.6) is 0 Å². The van der Waals surface area contributed by atoms with E-state index in [1.807, 2.05) is 0 Å². The maximum absolute atomic E-state index is 11.4. The third kappa shape index (κ3) is 3.59. The lowest BCUT2D eigenvalue weighted by Crippen LogP contribution is -2.28. The number of hydrogen-bond acceptors (Lipinski definition) is 5. The maximum Gasteiger partial charge on any atom is 0.254 e. The van der Waals surface area contributed by atoms with E-state index in [4.69, 9.17) is 10.9 Å². The van der Waals surface area contributed by atoms with Crippen LogP contribution in [0.25, 0.3) is 0 Å². The molecule has 0 fully saturated rings. The van der Waals surface area contributed by atoms with Gasteiger partial charge in [0.25, 0.3) is 5.91 Å². The third-order valence-corrected chi connectivity index (χ3v) is 1.62. The summed E-state index contributed by atoms with van der Waals surface area (Å²) in [6.07, 6.45) is 4.45. The highest BCUT2D eigenvalue weighted by Crippen LogP contribution is 1.92. The topological polar surface area (TPSA) is 113 Å². The van der Waals surface area contributed by atoms with Gasteiger partial charge in [0.15, 0.2) is 0 Å². The first-order valence-electron chi connectivity index (χ1n) is 4.23. The second-order valence-electron chi connectivity index (χ2n) is 2.72. The van der Waals surface area contributed by atoms with Crippen LogP contribution >= 0.6 is 0 Å². The molecule has 15 heavy (non-hydrogen) atoms. The fourth-order valence-electron chi connectivity index (χ4n) is 0.873. The molecule has 0 radical (unpaired) electrons. The summed E-state index contributed by atoms with van der Waals surface area (Å²) in [4.78, 5) is 18.8. The van der Waals surface area contributed by atoms with Gasteiger partial charge in [-0.2, -0.15) is 0 Å². The van der Waals surface area contributed by atoms with E-state index in [9.17, 15) is 4.79 Å². The Morgan fingerprint density at radius 1 is 1.53 bits per heavy atom. The standard InChI is InChI=1S/C8H11N5O2/c9-7(13-15)1-2-12-8(14)6-3-10-5-11-4-6/h3-5,15H,1-2H2,(H2,9,13)(H,12,14). The molecule has 0 spiro atoms. The minimum absolute atomic E-state index is 0.0691. The number of carbonyl (C=O) groups excluding carboxylic acids is 1. The first kappa shape index (κ1) is 10.9. The van der Waals surface area contributed by atoms with Crippen LogP contribution in [0, 0.1) is 0 Å². The minimum atomic E-state index is -0.290. The average Bonchev–Trinajstić information content (AvgIpc) is 2.29. The zero-order valence-electron chi connectivity index (χ0n) is 7.92. The number of carbonyl (C=O) groups is 1. The van der Waals surface area contributed by atoms with Crippen molar-refractivity contribution >= 4 is 11.7 Å². The summed E-state index contributed by atoms with van der Waals surface area (Å²) < 4.78 is 0. The Labute approximate surface area is 86.0 Å². The smallest absolute Gasteiger partial charge is 0.254 e. The molecule has 1 amide bonds. The fourth-order valence-corrected chi connectivity index (χ4v) is 0.873. The van der Waals surface area contributed by atoms with Crippen LogP contribution in [0.3, 0.4) is 0 Å². The second-order valence-corrected chi connectivity index (χ2v) is 2.72. The molecule has 0 saturated heterocycles. The number of nitrogens with two attached hydrogens (primary N) is 1. The van der Waals surface area contributed by atoms with Crippen molar-refractivity contribution < 1.29 is 10.0 Å². The lowest BCUT2D eigenvalue weighted by atomic mass is 10.3. The molecule has 4 N–H and O–H groups in total. The molecule has 0 atom stereocenters. The van der Waals surface area contributed by atoms with Gasteiger partial charge in [0.05, 0.1) is 5.56 Å². The zero-order chi connectivity index (χ0) is 11.1. The summed E-state index contributed by atoms with van der Waals surface area (Å²) >= 11 is 0. The zero-order valence-corrected chi connectivity index (χ0v) is 7.92. The van der Waals surface area contributed by atoms with Crippen molar-refractivity contribution in [3.8, 4) is 0 Å². The lowest BCUT2D eigenvalue weighted by molar-refractivity contribution is 0.0954. The molecule has 1 aromatic heterocycles. The van der Waals surface area contributed by atoms with E-state index in [0.717, 1.165) is 0 Å². The first-order chi connectivity index (χ1) is 7.24. The van der Waals surface area contributed by atoms with Crippen LogP contribution in [-0.2, 0) is 0 Å². The Morgan fingerprint density at radius 2 is 2.20 bits per heavy atom. The Kier molecular flexibility index (Phi) is 4.02. The van der Waals surface area contributed by atoms with Crippen LogP contribution in [0.2, 0.25) is 0 Å². The molecule has 0 saturated carbocycles. The van der Waals surface area contributed by atoms with Crippen molar-refractivity contribution in [3.05, 3.63) is 24.3 Å². The van der Waals surface area contributed by atoms with Gasteiger partial charge in [-0.25, -0.2) is 9.97 Å². The van der Waals surface area contributed by atoms with Crippen molar-refractivity contribution in [3.63, 3.8) is 0 Å². The van der Waals surface area contributed by atoms with Crippen molar-refractivity contribution in [1.29, 1.82) is 0 Å². The van der Waals surface area contributed by atoms with Gasteiger partial charge < -0.3 is 16.3 Å². The SMILES string of the molecule is NC(CCNC(=O)c1cncnc1)=NO. The monoisotopic (exact) mass is 209 g/mol. The van der Waals surface area contributed by atoms with Crippen molar-refractivity contribution in [1.82, 2.24) is 15.3 Å². The van der Waals surface area contributed by atoms with E-state index < -0.39 is 0 Å². The van der Waals surface area contributed by atoms with E-state index in [1.54, 1.807) is 0 Å². The second kappa shape index (κ2) is 5.53. The van der Waals surface area contributed by atoms with Gasteiger partial charge in [-0.15, -0.1) is 0 Å². The molecule has 0 aliphatic heterocycles.